The molecule has 2 N–H and O–H groups in total. The number of sulfonamides is 1. The number of halogens is 1. The van der Waals surface area contributed by atoms with E-state index >= 15 is 0 Å². The maximum absolute atomic E-state index is 13.1. The van der Waals surface area contributed by atoms with E-state index in [0.717, 1.165) is 32.9 Å². The molecule has 2 heterocycles. The van der Waals surface area contributed by atoms with Gasteiger partial charge in [0.25, 0.3) is 10.0 Å². The maximum Gasteiger partial charge on any atom is 0.407 e. The van der Waals surface area contributed by atoms with Gasteiger partial charge in [0.1, 0.15) is 9.96 Å². The second-order valence-electron chi connectivity index (χ2n) is 7.32. The number of carbonyl (C=O) groups is 1. The van der Waals surface area contributed by atoms with E-state index in [1.54, 1.807) is 36.4 Å². The van der Waals surface area contributed by atoms with Crippen molar-refractivity contribution >= 4 is 44.7 Å². The number of anilines is 1. The lowest BCUT2D eigenvalue weighted by atomic mass is 10.0. The summed E-state index contributed by atoms with van der Waals surface area (Å²) in [5.41, 5.74) is 3.07. The summed E-state index contributed by atoms with van der Waals surface area (Å²) in [7, 11) is -2.37. The molecule has 168 valence electrons. The molecule has 1 aliphatic rings. The number of amides is 1. The highest BCUT2D eigenvalue weighted by Crippen LogP contribution is 2.35. The van der Waals surface area contributed by atoms with Gasteiger partial charge in [-0.05, 0) is 65.9 Å². The van der Waals surface area contributed by atoms with Crippen molar-refractivity contribution in [3.05, 3.63) is 64.7 Å². The summed E-state index contributed by atoms with van der Waals surface area (Å²) in [5, 5.41) is 9.89. The summed E-state index contributed by atoms with van der Waals surface area (Å²) in [6, 6.07) is 14.1. The Morgan fingerprint density at radius 2 is 1.75 bits per heavy atom. The summed E-state index contributed by atoms with van der Waals surface area (Å²) >= 11 is 7.09. The molecule has 0 saturated heterocycles. The van der Waals surface area contributed by atoms with Gasteiger partial charge in [0.15, 0.2) is 0 Å². The Kier molecular flexibility index (Phi) is 6.32. The van der Waals surface area contributed by atoms with Crippen LogP contribution in [-0.4, -0.2) is 44.7 Å². The van der Waals surface area contributed by atoms with Crippen LogP contribution < -0.4 is 9.46 Å². The molecule has 0 unspecified atom stereocenters. The van der Waals surface area contributed by atoms with Crippen molar-refractivity contribution in [1.29, 1.82) is 0 Å². The summed E-state index contributed by atoms with van der Waals surface area (Å²) < 4.78 is 34.4. The number of hydrogen-bond acceptors (Lipinski definition) is 5. The van der Waals surface area contributed by atoms with E-state index in [9.17, 15) is 18.3 Å². The first-order valence-electron chi connectivity index (χ1n) is 9.83. The zero-order chi connectivity index (χ0) is 22.9. The predicted molar refractivity (Wildman–Crippen MR) is 126 cm³/mol. The van der Waals surface area contributed by atoms with Gasteiger partial charge in [-0.25, -0.2) is 13.2 Å². The van der Waals surface area contributed by atoms with Crippen LogP contribution in [0.4, 0.5) is 10.5 Å². The van der Waals surface area contributed by atoms with E-state index in [1.807, 2.05) is 12.1 Å². The van der Waals surface area contributed by atoms with Crippen molar-refractivity contribution < 1.29 is 23.1 Å². The Balaban J connectivity index is 1.61. The lowest BCUT2D eigenvalue weighted by Crippen LogP contribution is -2.31. The minimum Gasteiger partial charge on any atom is -0.495 e. The molecule has 7 nitrogen and oxygen atoms in total. The smallest absolute Gasteiger partial charge is 0.407 e. The number of ether oxygens (including phenoxy) is 1. The van der Waals surface area contributed by atoms with E-state index in [0.29, 0.717) is 42.4 Å². The van der Waals surface area contributed by atoms with Crippen molar-refractivity contribution in [3.63, 3.8) is 0 Å². The van der Waals surface area contributed by atoms with E-state index in [1.165, 1.54) is 12.0 Å². The zero-order valence-corrected chi connectivity index (χ0v) is 19.6. The Morgan fingerprint density at radius 3 is 2.38 bits per heavy atom. The number of nitrogens with one attached hydrogen (secondary N) is 1. The van der Waals surface area contributed by atoms with Gasteiger partial charge < -0.3 is 14.7 Å². The third-order valence-electron chi connectivity index (χ3n) is 5.31. The number of benzene rings is 2. The van der Waals surface area contributed by atoms with Gasteiger partial charge in [-0.1, -0.05) is 23.7 Å². The summed E-state index contributed by atoms with van der Waals surface area (Å²) in [6.45, 7) is 0.745. The Labute approximate surface area is 195 Å². The average Bonchev–Trinajstić information content (AvgIpc) is 3.17. The molecule has 0 spiro atoms. The molecule has 32 heavy (non-hydrogen) atoms. The van der Waals surface area contributed by atoms with Crippen molar-refractivity contribution in [2.45, 2.75) is 17.1 Å². The van der Waals surface area contributed by atoms with Crippen LogP contribution in [0.2, 0.25) is 5.02 Å². The minimum atomic E-state index is -3.84. The van der Waals surface area contributed by atoms with Crippen LogP contribution in [0.25, 0.3) is 10.4 Å². The predicted octanol–water partition coefficient (Wildman–Crippen LogP) is 4.96. The first-order chi connectivity index (χ1) is 15.3. The van der Waals surface area contributed by atoms with E-state index in [-0.39, 0.29) is 4.21 Å². The van der Waals surface area contributed by atoms with Crippen LogP contribution in [-0.2, 0) is 22.9 Å². The number of fused-ring (bicyclic) bond motifs is 1. The highest BCUT2D eigenvalue weighted by Gasteiger charge is 2.23. The summed E-state index contributed by atoms with van der Waals surface area (Å²) in [5.74, 6) is 0.394. The van der Waals surface area contributed by atoms with E-state index in [2.05, 4.69) is 4.72 Å². The number of rotatable bonds is 5. The van der Waals surface area contributed by atoms with Gasteiger partial charge in [0.05, 0.1) is 12.8 Å². The van der Waals surface area contributed by atoms with Gasteiger partial charge in [-0.15, -0.1) is 11.3 Å². The SMILES string of the molecule is COc1cc2c(cc1NS(=O)(=O)c1ccc(-c3ccc(Cl)cc3)s1)CCN(C(=O)O)CC2. The second-order valence-corrected chi connectivity index (χ2v) is 10.8. The van der Waals surface area contributed by atoms with E-state index in [4.69, 9.17) is 16.3 Å². The molecule has 2 aromatic carbocycles. The second kappa shape index (κ2) is 9.01. The number of hydrogen-bond donors (Lipinski definition) is 2. The van der Waals surface area contributed by atoms with Gasteiger partial charge in [-0.2, -0.15) is 0 Å². The van der Waals surface area contributed by atoms with Gasteiger partial charge in [-0.3, -0.25) is 4.72 Å². The fourth-order valence-corrected chi connectivity index (χ4v) is 6.12. The summed E-state index contributed by atoms with van der Waals surface area (Å²) in [6.07, 6.45) is 0.0837. The van der Waals surface area contributed by atoms with E-state index < -0.39 is 16.1 Å². The Morgan fingerprint density at radius 1 is 1.09 bits per heavy atom. The highest BCUT2D eigenvalue weighted by atomic mass is 35.5. The molecule has 0 atom stereocenters. The fraction of sp³-hybridized carbons (Fsp3) is 0.227. The normalized spacial score (nSPS) is 13.9. The maximum atomic E-state index is 13.1. The third-order valence-corrected chi connectivity index (χ3v) is 8.56. The Bertz CT molecular complexity index is 1260. The molecule has 0 aliphatic carbocycles. The molecule has 4 rings (SSSR count). The van der Waals surface area contributed by atoms with Crippen molar-refractivity contribution in [3.8, 4) is 16.2 Å². The lowest BCUT2D eigenvalue weighted by molar-refractivity contribution is 0.147. The molecule has 10 heteroatoms. The number of thiophene rings is 1. The average molecular weight is 493 g/mol. The largest absolute Gasteiger partial charge is 0.495 e. The van der Waals surface area contributed by atoms with Crippen LogP contribution in [0.5, 0.6) is 5.75 Å². The molecule has 0 fully saturated rings. The Hall–Kier alpha value is -2.75. The van der Waals surface area contributed by atoms with Crippen LogP contribution >= 0.6 is 22.9 Å². The molecule has 3 aromatic rings. The molecule has 1 aromatic heterocycles. The van der Waals surface area contributed by atoms with Gasteiger partial charge >= 0.3 is 6.09 Å². The molecule has 1 amide bonds. The number of methoxy groups -OCH3 is 1. The van der Waals surface area contributed by atoms with Gasteiger partial charge in [0, 0.05) is 23.0 Å². The zero-order valence-electron chi connectivity index (χ0n) is 17.2. The topological polar surface area (TPSA) is 95.9 Å². The van der Waals surface area contributed by atoms with Crippen molar-refractivity contribution in [1.82, 2.24) is 4.90 Å². The molecule has 0 radical (unpaired) electrons. The van der Waals surface area contributed by atoms with Crippen LogP contribution in [0.1, 0.15) is 11.1 Å². The van der Waals surface area contributed by atoms with Crippen LogP contribution in [0.3, 0.4) is 0 Å². The van der Waals surface area contributed by atoms with Crippen LogP contribution in [0, 0.1) is 0 Å². The molecular formula is C22H21ClN2O5S2. The molecule has 0 saturated carbocycles. The quantitative estimate of drug-likeness (QED) is 0.525. The first kappa shape index (κ1) is 22.4. The number of carboxylic acid groups (broad SMARTS) is 1. The third kappa shape index (κ3) is 4.69. The molecular weight excluding hydrogens is 472 g/mol. The summed E-state index contributed by atoms with van der Waals surface area (Å²) in [4.78, 5) is 13.5. The van der Waals surface area contributed by atoms with Gasteiger partial charge in [0.2, 0.25) is 0 Å². The lowest BCUT2D eigenvalue weighted by Gasteiger charge is -2.15. The number of nitrogens with zero attached hydrogens (tertiary/aromatic N) is 1. The first-order valence-corrected chi connectivity index (χ1v) is 12.5. The molecule has 0 bridgehead atoms. The molecule has 1 aliphatic heterocycles. The van der Waals surface area contributed by atoms with Crippen molar-refractivity contribution in [2.24, 2.45) is 0 Å². The fourth-order valence-electron chi connectivity index (χ4n) is 3.62. The highest BCUT2D eigenvalue weighted by molar-refractivity contribution is 7.94. The van der Waals surface area contributed by atoms with Crippen LogP contribution in [0.15, 0.2) is 52.7 Å². The monoisotopic (exact) mass is 492 g/mol. The minimum absolute atomic E-state index is 0.177. The standard InChI is InChI=1S/C22H21ClN2O5S2/c1-30-19-13-16-9-11-25(22(26)27)10-8-15(16)12-18(19)24-32(28,29)21-7-6-20(31-21)14-2-4-17(23)5-3-14/h2-7,12-13,24H,8-11H2,1H3,(H,26,27). The van der Waals surface area contributed by atoms with Crippen molar-refractivity contribution in [2.75, 3.05) is 24.9 Å².